The number of aromatic nitrogens is 4. The van der Waals surface area contributed by atoms with Crippen molar-refractivity contribution in [2.75, 3.05) is 6.54 Å². The number of hydrogen-bond donors (Lipinski definition) is 1. The fourth-order valence-electron chi connectivity index (χ4n) is 4.11. The molecular weight excluding hydrogens is 378 g/mol. The lowest BCUT2D eigenvalue weighted by Gasteiger charge is -2.21. The van der Waals surface area contributed by atoms with E-state index in [1.165, 1.54) is 12.8 Å². The van der Waals surface area contributed by atoms with Gasteiger partial charge < -0.3 is 14.6 Å². The molecule has 30 heavy (non-hydrogen) atoms. The summed E-state index contributed by atoms with van der Waals surface area (Å²) < 4.78 is 10.7. The second kappa shape index (κ2) is 6.86. The van der Waals surface area contributed by atoms with Gasteiger partial charge in [0.05, 0.1) is 23.6 Å². The molecule has 158 valence electrons. The molecule has 3 heterocycles. The molecule has 5 rings (SSSR count). The Morgan fingerprint density at radius 3 is 2.67 bits per heavy atom. The molecule has 0 radical (unpaired) electrons. The van der Waals surface area contributed by atoms with Gasteiger partial charge in [0.15, 0.2) is 0 Å². The van der Waals surface area contributed by atoms with Crippen LogP contribution in [-0.2, 0) is 10.3 Å². The molecule has 3 aromatic rings. The highest BCUT2D eigenvalue weighted by atomic mass is 16.5. The maximum Gasteiger partial charge on any atom is 0.220 e. The summed E-state index contributed by atoms with van der Waals surface area (Å²) in [6, 6.07) is 4.74. The molecule has 2 aliphatic rings. The third-order valence-electron chi connectivity index (χ3n) is 6.16. The Balaban J connectivity index is 1.55. The standard InChI is InChI=1S/C23H29N5O2/c1-14(16-9-21(29)24-10-16)30-20-8-15(17-11-26-28(12-17)23(2,3)4)7-19-22(20)27(13-25-19)18-5-6-18/h7-8,11-14,16,18H,5-6,9-10H2,1-4H3,(H,24,29)/t14?,16-/m1/s1. The molecular formula is C23H29N5O2. The minimum absolute atomic E-state index is 0.0674. The average Bonchev–Trinajstić information content (AvgIpc) is 3.10. The van der Waals surface area contributed by atoms with Crippen LogP contribution in [0.2, 0.25) is 0 Å². The zero-order valence-corrected chi connectivity index (χ0v) is 18.1. The number of carbonyl (C=O) groups is 1. The molecule has 0 spiro atoms. The highest BCUT2D eigenvalue weighted by Gasteiger charge is 2.30. The van der Waals surface area contributed by atoms with Crippen LogP contribution >= 0.6 is 0 Å². The summed E-state index contributed by atoms with van der Waals surface area (Å²) in [6.45, 7) is 9.13. The van der Waals surface area contributed by atoms with Crippen molar-refractivity contribution < 1.29 is 9.53 Å². The zero-order valence-electron chi connectivity index (χ0n) is 18.1. The average molecular weight is 408 g/mol. The van der Waals surface area contributed by atoms with Crippen molar-refractivity contribution in [2.45, 2.75) is 64.6 Å². The van der Waals surface area contributed by atoms with Gasteiger partial charge in [0.1, 0.15) is 17.4 Å². The zero-order chi connectivity index (χ0) is 21.0. The van der Waals surface area contributed by atoms with Crippen LogP contribution in [0.4, 0.5) is 0 Å². The molecule has 1 unspecified atom stereocenters. The maximum atomic E-state index is 11.7. The van der Waals surface area contributed by atoms with Crippen molar-refractivity contribution in [1.82, 2.24) is 24.6 Å². The van der Waals surface area contributed by atoms with E-state index in [4.69, 9.17) is 4.74 Å². The second-order valence-electron chi connectivity index (χ2n) is 9.66. The van der Waals surface area contributed by atoms with Crippen molar-refractivity contribution in [3.05, 3.63) is 30.9 Å². The van der Waals surface area contributed by atoms with Gasteiger partial charge in [0, 0.05) is 36.7 Å². The Kier molecular flexibility index (Phi) is 4.38. The molecule has 0 bridgehead atoms. The Labute approximate surface area is 176 Å². The molecule has 1 saturated carbocycles. The first kappa shape index (κ1) is 19.2. The minimum Gasteiger partial charge on any atom is -0.488 e. The van der Waals surface area contributed by atoms with E-state index in [0.717, 1.165) is 27.9 Å². The van der Waals surface area contributed by atoms with Crippen LogP contribution in [-0.4, -0.2) is 37.9 Å². The first-order chi connectivity index (χ1) is 14.3. The summed E-state index contributed by atoms with van der Waals surface area (Å²) in [7, 11) is 0. The number of ether oxygens (including phenoxy) is 1. The topological polar surface area (TPSA) is 74.0 Å². The van der Waals surface area contributed by atoms with Gasteiger partial charge in [-0.3, -0.25) is 9.48 Å². The first-order valence-corrected chi connectivity index (χ1v) is 10.8. The second-order valence-corrected chi connectivity index (χ2v) is 9.66. The van der Waals surface area contributed by atoms with E-state index in [1.54, 1.807) is 0 Å². The van der Waals surface area contributed by atoms with Gasteiger partial charge in [-0.05, 0) is 58.2 Å². The number of imidazole rings is 1. The third kappa shape index (κ3) is 3.46. The lowest BCUT2D eigenvalue weighted by Crippen LogP contribution is -2.25. The molecule has 1 N–H and O–H groups in total. The Bertz CT molecular complexity index is 1100. The number of rotatable bonds is 5. The van der Waals surface area contributed by atoms with Gasteiger partial charge in [-0.25, -0.2) is 4.98 Å². The van der Waals surface area contributed by atoms with Crippen LogP contribution in [0.25, 0.3) is 22.2 Å². The number of fused-ring (bicyclic) bond motifs is 1. The summed E-state index contributed by atoms with van der Waals surface area (Å²) in [5, 5.41) is 7.47. The van der Waals surface area contributed by atoms with Crippen LogP contribution < -0.4 is 10.1 Å². The van der Waals surface area contributed by atoms with Crippen LogP contribution in [0.5, 0.6) is 5.75 Å². The summed E-state index contributed by atoms with van der Waals surface area (Å²) in [6.07, 6.45) is 8.72. The fourth-order valence-corrected chi connectivity index (χ4v) is 4.11. The SMILES string of the molecule is CC(Oc1cc(-c2cnn(C(C)(C)C)c2)cc2ncn(C3CC3)c12)[C@H]1CNC(=O)C1. The van der Waals surface area contributed by atoms with E-state index in [0.29, 0.717) is 19.0 Å². The van der Waals surface area contributed by atoms with Gasteiger partial charge in [0.25, 0.3) is 0 Å². The first-order valence-electron chi connectivity index (χ1n) is 10.8. The van der Waals surface area contributed by atoms with Crippen LogP contribution in [0, 0.1) is 5.92 Å². The normalized spacial score (nSPS) is 20.5. The quantitative estimate of drug-likeness (QED) is 0.696. The van der Waals surface area contributed by atoms with Gasteiger partial charge in [-0.15, -0.1) is 0 Å². The van der Waals surface area contributed by atoms with E-state index in [1.807, 2.05) is 17.2 Å². The number of nitrogens with zero attached hydrogens (tertiary/aromatic N) is 4. The van der Waals surface area contributed by atoms with E-state index >= 15 is 0 Å². The van der Waals surface area contributed by atoms with Gasteiger partial charge in [-0.2, -0.15) is 5.10 Å². The van der Waals surface area contributed by atoms with Crippen LogP contribution in [0.15, 0.2) is 30.9 Å². The van der Waals surface area contributed by atoms with Gasteiger partial charge >= 0.3 is 0 Å². The van der Waals surface area contributed by atoms with Crippen LogP contribution in [0.3, 0.4) is 0 Å². The predicted molar refractivity (Wildman–Crippen MR) is 115 cm³/mol. The Morgan fingerprint density at radius 2 is 2.03 bits per heavy atom. The number of amides is 1. The number of benzene rings is 1. The fraction of sp³-hybridized carbons (Fsp3) is 0.522. The molecule has 1 amide bonds. The van der Waals surface area contributed by atoms with Crippen molar-refractivity contribution in [3.8, 4) is 16.9 Å². The Morgan fingerprint density at radius 1 is 1.23 bits per heavy atom. The summed E-state index contributed by atoms with van der Waals surface area (Å²) in [4.78, 5) is 16.4. The summed E-state index contributed by atoms with van der Waals surface area (Å²) in [5.41, 5.74) is 4.00. The Hall–Kier alpha value is -2.83. The van der Waals surface area contributed by atoms with Gasteiger partial charge in [-0.1, -0.05) is 0 Å². The van der Waals surface area contributed by atoms with Crippen molar-refractivity contribution in [1.29, 1.82) is 0 Å². The molecule has 1 aliphatic carbocycles. The number of nitrogens with one attached hydrogen (secondary N) is 1. The van der Waals surface area contributed by atoms with Gasteiger partial charge in [0.2, 0.25) is 5.91 Å². The molecule has 7 heteroatoms. The van der Waals surface area contributed by atoms with Crippen LogP contribution in [0.1, 0.15) is 53.0 Å². The lowest BCUT2D eigenvalue weighted by molar-refractivity contribution is -0.119. The molecule has 2 aromatic heterocycles. The minimum atomic E-state index is -0.0776. The summed E-state index contributed by atoms with van der Waals surface area (Å²) >= 11 is 0. The van der Waals surface area contributed by atoms with Crippen molar-refractivity contribution >= 4 is 16.9 Å². The van der Waals surface area contributed by atoms with Crippen molar-refractivity contribution in [3.63, 3.8) is 0 Å². The van der Waals surface area contributed by atoms with E-state index in [2.05, 4.69) is 66.0 Å². The maximum absolute atomic E-state index is 11.7. The largest absolute Gasteiger partial charge is 0.488 e. The van der Waals surface area contributed by atoms with Crippen molar-refractivity contribution in [2.24, 2.45) is 5.92 Å². The molecule has 1 aliphatic heterocycles. The highest BCUT2D eigenvalue weighted by Crippen LogP contribution is 2.41. The summed E-state index contributed by atoms with van der Waals surface area (Å²) in [5.74, 6) is 1.12. The molecule has 7 nitrogen and oxygen atoms in total. The molecule has 1 aromatic carbocycles. The van der Waals surface area contributed by atoms with E-state index in [-0.39, 0.29) is 23.5 Å². The third-order valence-corrected chi connectivity index (χ3v) is 6.16. The molecule has 2 fully saturated rings. The number of carbonyl (C=O) groups excluding carboxylic acids is 1. The highest BCUT2D eigenvalue weighted by molar-refractivity contribution is 5.88. The lowest BCUT2D eigenvalue weighted by atomic mass is 10.0. The monoisotopic (exact) mass is 407 g/mol. The van der Waals surface area contributed by atoms with E-state index < -0.39 is 0 Å². The van der Waals surface area contributed by atoms with E-state index in [9.17, 15) is 4.79 Å². The molecule has 1 saturated heterocycles. The number of hydrogen-bond acceptors (Lipinski definition) is 4. The smallest absolute Gasteiger partial charge is 0.220 e. The molecule has 2 atom stereocenters. The predicted octanol–water partition coefficient (Wildman–Crippen LogP) is 3.89.